The Morgan fingerprint density at radius 1 is 1.12 bits per heavy atom. The molecule has 1 aromatic heterocycles. The molecule has 0 bridgehead atoms. The maximum atomic E-state index is 12.3. The topological polar surface area (TPSA) is 123 Å². The Bertz CT molecular complexity index is 835. The summed E-state index contributed by atoms with van der Waals surface area (Å²) in [5, 5.41) is 0. The predicted molar refractivity (Wildman–Crippen MR) is 119 cm³/mol. The summed E-state index contributed by atoms with van der Waals surface area (Å²) in [6.45, 7) is 8.79. The average molecular weight is 451 g/mol. The summed E-state index contributed by atoms with van der Waals surface area (Å²) in [5.74, 6) is -0.250. The zero-order chi connectivity index (χ0) is 23.5. The van der Waals surface area contributed by atoms with Gasteiger partial charge in [0, 0.05) is 32.2 Å². The first kappa shape index (κ1) is 23.8. The second kappa shape index (κ2) is 9.76. The van der Waals surface area contributed by atoms with Crippen LogP contribution in [0.25, 0.3) is 0 Å². The molecule has 2 fully saturated rings. The Labute approximate surface area is 188 Å². The van der Waals surface area contributed by atoms with Crippen LogP contribution in [0.2, 0.25) is 0 Å². The van der Waals surface area contributed by atoms with Crippen molar-refractivity contribution in [1.82, 2.24) is 19.8 Å². The number of piperazine rings is 1. The van der Waals surface area contributed by atoms with Crippen molar-refractivity contribution in [2.75, 3.05) is 64.1 Å². The van der Waals surface area contributed by atoms with E-state index in [1.165, 1.54) is 7.11 Å². The number of esters is 1. The molecule has 1 amide bonds. The highest BCUT2D eigenvalue weighted by atomic mass is 16.6. The van der Waals surface area contributed by atoms with Gasteiger partial charge in [0.25, 0.3) is 0 Å². The minimum Gasteiger partial charge on any atom is -0.464 e. The van der Waals surface area contributed by atoms with Crippen molar-refractivity contribution in [2.45, 2.75) is 45.3 Å². The van der Waals surface area contributed by atoms with Crippen LogP contribution >= 0.6 is 0 Å². The monoisotopic (exact) mass is 450 g/mol. The molecule has 32 heavy (non-hydrogen) atoms. The summed E-state index contributed by atoms with van der Waals surface area (Å²) >= 11 is 0. The lowest BCUT2D eigenvalue weighted by atomic mass is 10.2. The lowest BCUT2D eigenvalue weighted by Crippen LogP contribution is -2.50. The number of nitrogen functional groups attached to an aromatic ring is 1. The quantitative estimate of drug-likeness (QED) is 0.658. The molecule has 1 aromatic rings. The first-order valence-electron chi connectivity index (χ1n) is 10.9. The number of nitrogens with zero attached hydrogens (tertiary/aromatic N) is 5. The zero-order valence-electron chi connectivity index (χ0n) is 19.6. The fraction of sp³-hybridized carbons (Fsp3) is 0.714. The van der Waals surface area contributed by atoms with Crippen LogP contribution in [0, 0.1) is 0 Å². The molecule has 1 atom stereocenters. The van der Waals surface area contributed by atoms with Crippen molar-refractivity contribution in [3.8, 4) is 6.01 Å². The summed E-state index contributed by atoms with van der Waals surface area (Å²) in [6.07, 6.45) is 1.80. The van der Waals surface area contributed by atoms with E-state index in [1.54, 1.807) is 4.90 Å². The number of methoxy groups -OCH3 is 1. The van der Waals surface area contributed by atoms with Crippen LogP contribution in [0.15, 0.2) is 0 Å². The molecule has 0 spiro atoms. The number of likely N-dealkylation sites (tertiary alicyclic amines) is 1. The van der Waals surface area contributed by atoms with E-state index >= 15 is 0 Å². The molecule has 2 N–H and O–H groups in total. The summed E-state index contributed by atoms with van der Waals surface area (Å²) < 4.78 is 16.1. The molecule has 3 heterocycles. The highest BCUT2D eigenvalue weighted by Gasteiger charge is 2.30. The number of carbonyl (C=O) groups excluding carboxylic acids is 2. The highest BCUT2D eigenvalue weighted by molar-refractivity contribution is 5.95. The number of ether oxygens (including phenoxy) is 3. The molecule has 0 unspecified atom stereocenters. The highest BCUT2D eigenvalue weighted by Crippen LogP contribution is 2.28. The van der Waals surface area contributed by atoms with Gasteiger partial charge in [-0.1, -0.05) is 0 Å². The zero-order valence-corrected chi connectivity index (χ0v) is 19.6. The van der Waals surface area contributed by atoms with E-state index in [2.05, 4.69) is 21.9 Å². The van der Waals surface area contributed by atoms with Crippen molar-refractivity contribution in [1.29, 1.82) is 0 Å². The Hall–Kier alpha value is -2.82. The molecule has 0 aliphatic carbocycles. The molecular weight excluding hydrogens is 416 g/mol. The summed E-state index contributed by atoms with van der Waals surface area (Å²) in [4.78, 5) is 39.1. The number of hydrogen-bond acceptors (Lipinski definition) is 10. The van der Waals surface area contributed by atoms with Crippen LogP contribution in [-0.2, 0) is 9.47 Å². The molecule has 178 valence electrons. The summed E-state index contributed by atoms with van der Waals surface area (Å²) in [5.41, 5.74) is 5.79. The third-order valence-corrected chi connectivity index (χ3v) is 5.59. The molecule has 0 radical (unpaired) electrons. The summed E-state index contributed by atoms with van der Waals surface area (Å²) in [6, 6.07) is 0.364. The minimum absolute atomic E-state index is 0.0261. The second-order valence-electron chi connectivity index (χ2n) is 9.13. The fourth-order valence-corrected chi connectivity index (χ4v) is 3.78. The van der Waals surface area contributed by atoms with Crippen molar-refractivity contribution < 1.29 is 23.8 Å². The van der Waals surface area contributed by atoms with Gasteiger partial charge < -0.3 is 34.6 Å². The number of nitrogens with two attached hydrogens (primary N) is 1. The number of likely N-dealkylation sites (N-methyl/N-ethyl adjacent to an activating group) is 1. The predicted octanol–water partition coefficient (Wildman–Crippen LogP) is 1.38. The van der Waals surface area contributed by atoms with E-state index in [-0.39, 0.29) is 29.5 Å². The molecule has 11 heteroatoms. The Morgan fingerprint density at radius 2 is 1.81 bits per heavy atom. The molecule has 3 rings (SSSR count). The van der Waals surface area contributed by atoms with E-state index in [0.717, 1.165) is 19.4 Å². The first-order chi connectivity index (χ1) is 15.1. The van der Waals surface area contributed by atoms with Crippen LogP contribution < -0.4 is 15.4 Å². The van der Waals surface area contributed by atoms with Gasteiger partial charge in [0.1, 0.15) is 17.9 Å². The standard InChI is InChI=1S/C21H34N6O5/c1-21(2,3)32-20(29)27-11-9-26(10-12-27)17-15(22)16(18(28)30-5)23-19(24-17)31-13-14-7-6-8-25(14)4/h14H,6-13,22H2,1-5H3/t14-/m0/s1. The molecule has 2 saturated heterocycles. The van der Waals surface area contributed by atoms with Gasteiger partial charge in [-0.25, -0.2) is 9.59 Å². The van der Waals surface area contributed by atoms with E-state index in [0.29, 0.717) is 38.6 Å². The van der Waals surface area contributed by atoms with Gasteiger partial charge in [0.2, 0.25) is 0 Å². The van der Waals surface area contributed by atoms with Gasteiger partial charge in [-0.2, -0.15) is 9.97 Å². The van der Waals surface area contributed by atoms with E-state index in [4.69, 9.17) is 19.9 Å². The molecule has 11 nitrogen and oxygen atoms in total. The Balaban J connectivity index is 1.75. The van der Waals surface area contributed by atoms with Gasteiger partial charge in [-0.05, 0) is 47.2 Å². The molecular formula is C21H34N6O5. The lowest BCUT2D eigenvalue weighted by molar-refractivity contribution is 0.0240. The van der Waals surface area contributed by atoms with Crippen molar-refractivity contribution in [3.63, 3.8) is 0 Å². The van der Waals surface area contributed by atoms with Gasteiger partial charge in [0.05, 0.1) is 7.11 Å². The van der Waals surface area contributed by atoms with Gasteiger partial charge >= 0.3 is 18.1 Å². The van der Waals surface area contributed by atoms with Crippen LogP contribution in [0.3, 0.4) is 0 Å². The van der Waals surface area contributed by atoms with E-state index < -0.39 is 11.6 Å². The third kappa shape index (κ3) is 5.70. The van der Waals surface area contributed by atoms with Crippen molar-refractivity contribution in [3.05, 3.63) is 5.69 Å². The molecule has 2 aliphatic rings. The van der Waals surface area contributed by atoms with Crippen LogP contribution in [0.5, 0.6) is 6.01 Å². The van der Waals surface area contributed by atoms with Gasteiger partial charge in [0.15, 0.2) is 11.5 Å². The average Bonchev–Trinajstić information content (AvgIpc) is 3.16. The molecule has 0 aromatic carbocycles. The number of hydrogen-bond donors (Lipinski definition) is 1. The van der Waals surface area contributed by atoms with Gasteiger partial charge in [-0.3, -0.25) is 0 Å². The number of anilines is 2. The second-order valence-corrected chi connectivity index (χ2v) is 9.13. The first-order valence-corrected chi connectivity index (χ1v) is 10.9. The number of carbonyl (C=O) groups is 2. The van der Waals surface area contributed by atoms with Crippen molar-refractivity contribution >= 4 is 23.6 Å². The number of rotatable bonds is 5. The van der Waals surface area contributed by atoms with E-state index in [9.17, 15) is 9.59 Å². The minimum atomic E-state index is -0.652. The Morgan fingerprint density at radius 3 is 2.38 bits per heavy atom. The smallest absolute Gasteiger partial charge is 0.410 e. The lowest BCUT2D eigenvalue weighted by Gasteiger charge is -2.36. The summed E-state index contributed by atoms with van der Waals surface area (Å²) in [7, 11) is 3.33. The largest absolute Gasteiger partial charge is 0.464 e. The fourth-order valence-electron chi connectivity index (χ4n) is 3.78. The SMILES string of the molecule is COC(=O)c1nc(OC[C@@H]2CCCN2C)nc(N2CCN(C(=O)OC(C)(C)C)CC2)c1N. The molecule has 0 saturated carbocycles. The van der Waals surface area contributed by atoms with Crippen LogP contribution in [0.1, 0.15) is 44.1 Å². The Kier molecular flexibility index (Phi) is 7.27. The molecule has 2 aliphatic heterocycles. The van der Waals surface area contributed by atoms with E-state index in [1.807, 2.05) is 25.7 Å². The van der Waals surface area contributed by atoms with Crippen molar-refractivity contribution in [2.24, 2.45) is 0 Å². The maximum absolute atomic E-state index is 12.3. The normalized spacial score (nSPS) is 19.7. The number of aromatic nitrogens is 2. The van der Waals surface area contributed by atoms with Gasteiger partial charge in [-0.15, -0.1) is 0 Å². The number of amides is 1. The maximum Gasteiger partial charge on any atom is 0.410 e. The van der Waals surface area contributed by atoms with Crippen LogP contribution in [-0.4, -0.2) is 97.0 Å². The third-order valence-electron chi connectivity index (χ3n) is 5.59. The van der Waals surface area contributed by atoms with Crippen LogP contribution in [0.4, 0.5) is 16.3 Å².